The Morgan fingerprint density at radius 2 is 1.86 bits per heavy atom. The van der Waals surface area contributed by atoms with Crippen molar-refractivity contribution in [3.63, 3.8) is 0 Å². The van der Waals surface area contributed by atoms with Gasteiger partial charge in [-0.1, -0.05) is 30.3 Å². The van der Waals surface area contributed by atoms with E-state index in [1.165, 1.54) is 23.2 Å². The zero-order chi connectivity index (χ0) is 25.6. The molecule has 1 aromatic carbocycles. The van der Waals surface area contributed by atoms with Crippen molar-refractivity contribution in [1.29, 1.82) is 0 Å². The maximum atomic E-state index is 12.7. The van der Waals surface area contributed by atoms with E-state index in [1.54, 1.807) is 6.20 Å². The molecule has 0 radical (unpaired) electrons. The summed E-state index contributed by atoms with van der Waals surface area (Å²) in [5.74, 6) is 0.923. The molecule has 4 aromatic rings. The van der Waals surface area contributed by atoms with E-state index in [4.69, 9.17) is 4.98 Å². The molecule has 0 spiro atoms. The first kappa shape index (κ1) is 24.8. The third kappa shape index (κ3) is 5.94. The molecule has 1 aliphatic carbocycles. The molecule has 7 nitrogen and oxygen atoms in total. The Bertz CT molecular complexity index is 1310. The van der Waals surface area contributed by atoms with Crippen LogP contribution in [0.15, 0.2) is 67.3 Å². The normalized spacial score (nSPS) is 14.9. The van der Waals surface area contributed by atoms with Gasteiger partial charge >= 0.3 is 0 Å². The van der Waals surface area contributed by atoms with Crippen molar-refractivity contribution in [3.05, 3.63) is 112 Å². The lowest BCUT2D eigenvalue weighted by molar-refractivity contribution is 0.0949. The Labute approximate surface area is 218 Å². The van der Waals surface area contributed by atoms with Crippen LogP contribution >= 0.6 is 0 Å². The second-order valence-corrected chi connectivity index (χ2v) is 9.80. The van der Waals surface area contributed by atoms with E-state index >= 15 is 0 Å². The van der Waals surface area contributed by atoms with Crippen LogP contribution in [0.1, 0.15) is 68.7 Å². The Balaban J connectivity index is 1.27. The molecule has 1 unspecified atom stereocenters. The molecule has 37 heavy (non-hydrogen) atoms. The molecule has 1 atom stereocenters. The maximum absolute atomic E-state index is 12.7. The van der Waals surface area contributed by atoms with E-state index < -0.39 is 0 Å². The molecule has 0 saturated carbocycles. The van der Waals surface area contributed by atoms with Gasteiger partial charge < -0.3 is 10.3 Å². The van der Waals surface area contributed by atoms with Crippen molar-refractivity contribution in [2.75, 3.05) is 6.54 Å². The molecule has 0 bridgehead atoms. The van der Waals surface area contributed by atoms with Crippen LogP contribution in [-0.4, -0.2) is 37.3 Å². The molecular formula is C30H34N6O. The lowest BCUT2D eigenvalue weighted by Gasteiger charge is -2.35. The quantitative estimate of drug-likeness (QED) is 0.347. The van der Waals surface area contributed by atoms with Gasteiger partial charge in [-0.3, -0.25) is 19.7 Å². The number of aryl methyl sites for hydroxylation is 3. The van der Waals surface area contributed by atoms with Crippen LogP contribution in [0.2, 0.25) is 0 Å². The minimum Gasteiger partial charge on any atom is -0.349 e. The van der Waals surface area contributed by atoms with Crippen molar-refractivity contribution < 1.29 is 4.79 Å². The van der Waals surface area contributed by atoms with Gasteiger partial charge in [-0.2, -0.15) is 0 Å². The molecule has 3 aromatic heterocycles. The van der Waals surface area contributed by atoms with Crippen LogP contribution in [0.3, 0.4) is 0 Å². The number of fused-ring (bicyclic) bond motifs is 1. The maximum Gasteiger partial charge on any atom is 0.253 e. The summed E-state index contributed by atoms with van der Waals surface area (Å²) in [6.07, 6.45) is 11.6. The van der Waals surface area contributed by atoms with E-state index in [0.29, 0.717) is 18.2 Å². The van der Waals surface area contributed by atoms with E-state index in [9.17, 15) is 4.79 Å². The lowest BCUT2D eigenvalue weighted by atomic mass is 9.90. The van der Waals surface area contributed by atoms with Crippen LogP contribution in [0.25, 0.3) is 0 Å². The molecule has 190 valence electrons. The summed E-state index contributed by atoms with van der Waals surface area (Å²) >= 11 is 0. The molecule has 0 fully saturated rings. The fourth-order valence-electron chi connectivity index (χ4n) is 5.27. The molecule has 3 heterocycles. The molecule has 7 heteroatoms. The number of H-pyrrole nitrogens is 1. The highest BCUT2D eigenvalue weighted by Gasteiger charge is 2.27. The van der Waals surface area contributed by atoms with Crippen LogP contribution in [0, 0.1) is 13.8 Å². The third-order valence-electron chi connectivity index (χ3n) is 7.23. The smallest absolute Gasteiger partial charge is 0.253 e. The number of carbonyl (C=O) groups excluding carboxylic acids is 1. The number of rotatable bonds is 9. The van der Waals surface area contributed by atoms with E-state index in [2.05, 4.69) is 55.5 Å². The minimum atomic E-state index is -0.0836. The van der Waals surface area contributed by atoms with Gasteiger partial charge in [0.2, 0.25) is 0 Å². The number of hydrogen-bond donors (Lipinski definition) is 2. The Hall–Kier alpha value is -3.84. The summed E-state index contributed by atoms with van der Waals surface area (Å²) in [6.45, 7) is 6.03. The summed E-state index contributed by atoms with van der Waals surface area (Å²) < 4.78 is 0. The van der Waals surface area contributed by atoms with Crippen molar-refractivity contribution in [1.82, 2.24) is 30.2 Å². The first-order chi connectivity index (χ1) is 18.1. The number of nitrogens with one attached hydrogen (secondary N) is 2. The van der Waals surface area contributed by atoms with Crippen molar-refractivity contribution >= 4 is 5.91 Å². The first-order valence-electron chi connectivity index (χ1n) is 13.0. The molecule has 0 aliphatic heterocycles. The average molecular weight is 495 g/mol. The van der Waals surface area contributed by atoms with Gasteiger partial charge in [0.15, 0.2) is 0 Å². The van der Waals surface area contributed by atoms with Gasteiger partial charge in [-0.15, -0.1) is 0 Å². The standard InChI is InChI=1S/C30H34N6O/c1-21-12-15-31-22(2)28(21)30(37)35-19-23-8-10-24(11-9-23)20-36(18-13-27-32-16-17-33-27)26-7-3-5-25-6-4-14-34-29(25)26/h4,6,8-12,14-17,26H,3,5,7,13,18-20H2,1-2H3,(H,32,33)(H,35,37). The number of aromatic amines is 1. The van der Waals surface area contributed by atoms with E-state index in [-0.39, 0.29) is 5.91 Å². The zero-order valence-corrected chi connectivity index (χ0v) is 21.6. The second kappa shape index (κ2) is 11.5. The fraction of sp³-hybridized carbons (Fsp3) is 0.333. The number of hydrogen-bond acceptors (Lipinski definition) is 5. The van der Waals surface area contributed by atoms with Crippen LogP contribution in [-0.2, 0) is 25.9 Å². The van der Waals surface area contributed by atoms with E-state index in [1.807, 2.05) is 44.6 Å². The molecule has 2 N–H and O–H groups in total. The SMILES string of the molecule is Cc1ccnc(C)c1C(=O)NCc1ccc(CN(CCc2ncc[nH]2)C2CCCc3cccnc32)cc1. The summed E-state index contributed by atoms with van der Waals surface area (Å²) in [7, 11) is 0. The molecular weight excluding hydrogens is 460 g/mol. The number of imidazole rings is 1. The zero-order valence-electron chi connectivity index (χ0n) is 21.6. The molecule has 5 rings (SSSR count). The van der Waals surface area contributed by atoms with Crippen molar-refractivity contribution in [3.8, 4) is 0 Å². The molecule has 0 saturated heterocycles. The van der Waals surface area contributed by atoms with Crippen LogP contribution in [0.5, 0.6) is 0 Å². The topological polar surface area (TPSA) is 86.8 Å². The summed E-state index contributed by atoms with van der Waals surface area (Å²) in [5, 5.41) is 3.05. The summed E-state index contributed by atoms with van der Waals surface area (Å²) in [5.41, 5.74) is 7.25. The van der Waals surface area contributed by atoms with Gasteiger partial charge in [0.1, 0.15) is 5.82 Å². The number of amides is 1. The Kier molecular flexibility index (Phi) is 7.70. The Morgan fingerprint density at radius 1 is 1.03 bits per heavy atom. The van der Waals surface area contributed by atoms with Gasteiger partial charge in [0.05, 0.1) is 23.0 Å². The first-order valence-corrected chi connectivity index (χ1v) is 13.0. The largest absolute Gasteiger partial charge is 0.349 e. The van der Waals surface area contributed by atoms with Crippen LogP contribution < -0.4 is 5.32 Å². The predicted molar refractivity (Wildman–Crippen MR) is 144 cm³/mol. The second-order valence-electron chi connectivity index (χ2n) is 9.80. The summed E-state index contributed by atoms with van der Waals surface area (Å²) in [4.78, 5) is 32.0. The molecule has 1 aliphatic rings. The number of nitrogens with zero attached hydrogens (tertiary/aromatic N) is 4. The van der Waals surface area contributed by atoms with E-state index in [0.717, 1.165) is 55.0 Å². The van der Waals surface area contributed by atoms with Crippen LogP contribution in [0.4, 0.5) is 0 Å². The highest BCUT2D eigenvalue weighted by atomic mass is 16.1. The number of benzene rings is 1. The van der Waals surface area contributed by atoms with Crippen molar-refractivity contribution in [2.45, 2.75) is 58.7 Å². The van der Waals surface area contributed by atoms with Gasteiger partial charge in [-0.05, 0) is 67.5 Å². The van der Waals surface area contributed by atoms with Crippen molar-refractivity contribution in [2.24, 2.45) is 0 Å². The number of carbonyl (C=O) groups is 1. The van der Waals surface area contributed by atoms with Gasteiger partial charge in [0.25, 0.3) is 5.91 Å². The number of pyridine rings is 2. The third-order valence-corrected chi connectivity index (χ3v) is 7.23. The predicted octanol–water partition coefficient (Wildman–Crippen LogP) is 4.87. The monoisotopic (exact) mass is 494 g/mol. The number of aromatic nitrogens is 4. The molecule has 1 amide bonds. The Morgan fingerprint density at radius 3 is 2.65 bits per heavy atom. The summed E-state index contributed by atoms with van der Waals surface area (Å²) in [6, 6.07) is 15.0. The lowest BCUT2D eigenvalue weighted by Crippen LogP contribution is -2.33. The highest BCUT2D eigenvalue weighted by molar-refractivity contribution is 5.96. The highest BCUT2D eigenvalue weighted by Crippen LogP contribution is 2.33. The van der Waals surface area contributed by atoms with Gasteiger partial charge in [0, 0.05) is 50.8 Å². The van der Waals surface area contributed by atoms with Gasteiger partial charge in [-0.25, -0.2) is 4.98 Å². The fourth-order valence-corrected chi connectivity index (χ4v) is 5.27. The minimum absolute atomic E-state index is 0.0836. The average Bonchev–Trinajstić information content (AvgIpc) is 3.44.